The van der Waals surface area contributed by atoms with E-state index in [1.165, 1.54) is 0 Å². The molecule has 5 heteroatoms. The highest BCUT2D eigenvalue weighted by molar-refractivity contribution is 5.82. The Morgan fingerprint density at radius 1 is 1.53 bits per heavy atom. The summed E-state index contributed by atoms with van der Waals surface area (Å²) in [7, 11) is 1.68. The molecule has 0 bridgehead atoms. The minimum absolute atomic E-state index is 0.117. The van der Waals surface area contributed by atoms with Crippen LogP contribution in [0.5, 0.6) is 0 Å². The van der Waals surface area contributed by atoms with E-state index >= 15 is 0 Å². The maximum atomic E-state index is 12.1. The average molecular weight is 242 g/mol. The summed E-state index contributed by atoms with van der Waals surface area (Å²) in [5, 5.41) is 6.24. The zero-order valence-corrected chi connectivity index (χ0v) is 10.7. The molecule has 2 fully saturated rings. The van der Waals surface area contributed by atoms with Gasteiger partial charge in [0.05, 0.1) is 12.0 Å². The van der Waals surface area contributed by atoms with Crippen molar-refractivity contribution in [1.29, 1.82) is 0 Å². The van der Waals surface area contributed by atoms with E-state index in [4.69, 9.17) is 9.47 Å². The average Bonchev–Trinajstić information content (AvgIpc) is 2.96. The molecule has 2 aliphatic rings. The number of rotatable bonds is 4. The summed E-state index contributed by atoms with van der Waals surface area (Å²) in [6.07, 6.45) is 1.74. The zero-order chi connectivity index (χ0) is 12.4. The zero-order valence-electron chi connectivity index (χ0n) is 10.7. The van der Waals surface area contributed by atoms with Crippen LogP contribution in [0.25, 0.3) is 0 Å². The summed E-state index contributed by atoms with van der Waals surface area (Å²) < 4.78 is 10.8. The van der Waals surface area contributed by atoms with Crippen LogP contribution in [-0.2, 0) is 14.3 Å². The Kier molecular flexibility index (Phi) is 3.70. The van der Waals surface area contributed by atoms with Crippen molar-refractivity contribution in [3.8, 4) is 0 Å². The topological polar surface area (TPSA) is 59.6 Å². The summed E-state index contributed by atoms with van der Waals surface area (Å²) in [5.41, 5.74) is -0.591. The fourth-order valence-corrected chi connectivity index (χ4v) is 2.43. The maximum Gasteiger partial charge on any atom is 0.227 e. The van der Waals surface area contributed by atoms with Gasteiger partial charge in [-0.1, -0.05) is 0 Å². The third-order valence-corrected chi connectivity index (χ3v) is 3.99. The number of ether oxygens (including phenoxy) is 2. The summed E-state index contributed by atoms with van der Waals surface area (Å²) in [5.74, 6) is 0.117. The largest absolute Gasteiger partial charge is 0.378 e. The molecule has 0 saturated carbocycles. The second-order valence-electron chi connectivity index (χ2n) is 5.36. The van der Waals surface area contributed by atoms with Gasteiger partial charge in [-0.15, -0.1) is 0 Å². The number of methoxy groups -OCH3 is 1. The molecule has 5 nitrogen and oxygen atoms in total. The third-order valence-electron chi connectivity index (χ3n) is 3.99. The second-order valence-corrected chi connectivity index (χ2v) is 5.36. The monoisotopic (exact) mass is 242 g/mol. The van der Waals surface area contributed by atoms with Crippen molar-refractivity contribution in [2.24, 2.45) is 5.41 Å². The normalized spacial score (nSPS) is 37.3. The highest BCUT2D eigenvalue weighted by Crippen LogP contribution is 2.26. The lowest BCUT2D eigenvalue weighted by Gasteiger charge is -2.29. The van der Waals surface area contributed by atoms with Crippen molar-refractivity contribution in [2.75, 3.05) is 40.0 Å². The van der Waals surface area contributed by atoms with Gasteiger partial charge in [-0.3, -0.25) is 4.79 Å². The first-order valence-electron chi connectivity index (χ1n) is 6.22. The molecular formula is C12H22N2O3. The van der Waals surface area contributed by atoms with Crippen LogP contribution in [0.3, 0.4) is 0 Å². The van der Waals surface area contributed by atoms with E-state index in [-0.39, 0.29) is 16.9 Å². The van der Waals surface area contributed by atoms with E-state index in [2.05, 4.69) is 10.6 Å². The number of carbonyl (C=O) groups is 1. The van der Waals surface area contributed by atoms with Gasteiger partial charge in [-0.25, -0.2) is 0 Å². The van der Waals surface area contributed by atoms with E-state index in [9.17, 15) is 4.79 Å². The van der Waals surface area contributed by atoms with Gasteiger partial charge in [0.25, 0.3) is 0 Å². The molecule has 2 heterocycles. The lowest BCUT2D eigenvalue weighted by molar-refractivity contribution is -0.130. The Balaban J connectivity index is 1.87. The van der Waals surface area contributed by atoms with Gasteiger partial charge in [-0.05, 0) is 19.9 Å². The first-order valence-corrected chi connectivity index (χ1v) is 6.22. The molecule has 0 spiro atoms. The highest BCUT2D eigenvalue weighted by Gasteiger charge is 2.39. The van der Waals surface area contributed by atoms with Crippen molar-refractivity contribution >= 4 is 5.91 Å². The Morgan fingerprint density at radius 3 is 2.88 bits per heavy atom. The standard InChI is InChI=1S/C12H22N2O3/c1-11(3-5-13-7-11)10(15)14-8-12(16-2)4-6-17-9-12/h13H,3-9H2,1-2H3,(H,14,15). The van der Waals surface area contributed by atoms with E-state index < -0.39 is 0 Å². The second kappa shape index (κ2) is 4.92. The van der Waals surface area contributed by atoms with Crippen LogP contribution >= 0.6 is 0 Å². The van der Waals surface area contributed by atoms with E-state index in [0.717, 1.165) is 25.9 Å². The summed E-state index contributed by atoms with van der Waals surface area (Å²) in [6, 6.07) is 0. The Bertz CT molecular complexity index is 281. The van der Waals surface area contributed by atoms with Gasteiger partial charge in [0.1, 0.15) is 5.60 Å². The molecule has 0 aliphatic carbocycles. The number of nitrogens with one attached hydrogen (secondary N) is 2. The molecule has 0 aromatic rings. The van der Waals surface area contributed by atoms with Gasteiger partial charge >= 0.3 is 0 Å². The van der Waals surface area contributed by atoms with E-state index in [1.54, 1.807) is 7.11 Å². The number of amides is 1. The maximum absolute atomic E-state index is 12.1. The van der Waals surface area contributed by atoms with Crippen LogP contribution in [0, 0.1) is 5.41 Å². The summed E-state index contributed by atoms with van der Waals surface area (Å²) in [4.78, 5) is 12.1. The molecular weight excluding hydrogens is 220 g/mol. The lowest BCUT2D eigenvalue weighted by atomic mass is 9.88. The van der Waals surface area contributed by atoms with Crippen molar-refractivity contribution in [3.05, 3.63) is 0 Å². The molecule has 2 rings (SSSR count). The van der Waals surface area contributed by atoms with Crippen LogP contribution < -0.4 is 10.6 Å². The van der Waals surface area contributed by atoms with Crippen LogP contribution in [0.4, 0.5) is 0 Å². The molecule has 1 amide bonds. The number of carbonyl (C=O) groups excluding carboxylic acids is 1. The predicted molar refractivity (Wildman–Crippen MR) is 63.8 cm³/mol. The third kappa shape index (κ3) is 2.61. The predicted octanol–water partition coefficient (Wildman–Crippen LogP) is -0.0923. The fourth-order valence-electron chi connectivity index (χ4n) is 2.43. The van der Waals surface area contributed by atoms with Gasteiger partial charge < -0.3 is 20.1 Å². The Labute approximate surface area is 102 Å². The van der Waals surface area contributed by atoms with Crippen molar-refractivity contribution in [3.63, 3.8) is 0 Å². The fraction of sp³-hybridized carbons (Fsp3) is 0.917. The minimum atomic E-state index is -0.321. The quantitative estimate of drug-likeness (QED) is 0.723. The van der Waals surface area contributed by atoms with Gasteiger partial charge in [-0.2, -0.15) is 0 Å². The number of hydrogen-bond acceptors (Lipinski definition) is 4. The lowest BCUT2D eigenvalue weighted by Crippen LogP contribution is -2.49. The van der Waals surface area contributed by atoms with Crippen LogP contribution in [0.1, 0.15) is 19.8 Å². The molecule has 0 aromatic heterocycles. The smallest absolute Gasteiger partial charge is 0.227 e. The molecule has 17 heavy (non-hydrogen) atoms. The molecule has 2 unspecified atom stereocenters. The van der Waals surface area contributed by atoms with Crippen LogP contribution in [0.15, 0.2) is 0 Å². The first kappa shape index (κ1) is 12.8. The molecule has 0 aromatic carbocycles. The van der Waals surface area contributed by atoms with Crippen LogP contribution in [-0.4, -0.2) is 51.5 Å². The SMILES string of the molecule is COC1(CNC(=O)C2(C)CCNC2)CCOC1. The Morgan fingerprint density at radius 2 is 2.35 bits per heavy atom. The molecule has 2 atom stereocenters. The van der Waals surface area contributed by atoms with Gasteiger partial charge in [0.15, 0.2) is 0 Å². The highest BCUT2D eigenvalue weighted by atomic mass is 16.5. The van der Waals surface area contributed by atoms with E-state index in [0.29, 0.717) is 19.8 Å². The number of hydrogen-bond donors (Lipinski definition) is 2. The molecule has 98 valence electrons. The molecule has 0 radical (unpaired) electrons. The van der Waals surface area contributed by atoms with Crippen molar-refractivity contribution < 1.29 is 14.3 Å². The summed E-state index contributed by atoms with van der Waals surface area (Å²) in [6.45, 7) is 5.50. The van der Waals surface area contributed by atoms with E-state index in [1.807, 2.05) is 6.92 Å². The Hall–Kier alpha value is -0.650. The van der Waals surface area contributed by atoms with Gasteiger partial charge in [0.2, 0.25) is 5.91 Å². The van der Waals surface area contributed by atoms with Crippen molar-refractivity contribution in [2.45, 2.75) is 25.4 Å². The minimum Gasteiger partial charge on any atom is -0.378 e. The van der Waals surface area contributed by atoms with Crippen molar-refractivity contribution in [1.82, 2.24) is 10.6 Å². The summed E-state index contributed by atoms with van der Waals surface area (Å²) >= 11 is 0. The molecule has 2 N–H and O–H groups in total. The molecule has 2 saturated heterocycles. The molecule has 2 aliphatic heterocycles. The van der Waals surface area contributed by atoms with Crippen LogP contribution in [0.2, 0.25) is 0 Å². The first-order chi connectivity index (χ1) is 8.10. The van der Waals surface area contributed by atoms with Gasteiger partial charge in [0, 0.05) is 33.2 Å².